The van der Waals surface area contributed by atoms with E-state index in [1.54, 1.807) is 6.07 Å². The van der Waals surface area contributed by atoms with Crippen LogP contribution in [0.4, 0.5) is 0 Å². The van der Waals surface area contributed by atoms with Gasteiger partial charge in [0.15, 0.2) is 0 Å². The number of carbonyl (C=O) groups excluding carboxylic acids is 1. The molecule has 0 saturated heterocycles. The van der Waals surface area contributed by atoms with Crippen molar-refractivity contribution in [2.45, 2.75) is 32.6 Å². The van der Waals surface area contributed by atoms with Crippen LogP contribution in [0.15, 0.2) is 25.6 Å². The van der Waals surface area contributed by atoms with Gasteiger partial charge in [-0.25, -0.2) is 0 Å². The van der Waals surface area contributed by atoms with E-state index in [-0.39, 0.29) is 5.97 Å². The molecule has 0 saturated carbocycles. The predicted octanol–water partition coefficient (Wildman–Crippen LogP) is 5.46. The van der Waals surface area contributed by atoms with Crippen molar-refractivity contribution in [3.8, 4) is 5.75 Å². The number of rotatable bonds is 5. The number of unbranched alkanes of at least 4 members (excludes halogenated alkanes) is 2. The number of hydrogen-bond donors (Lipinski definition) is 0. The van der Waals surface area contributed by atoms with Crippen molar-refractivity contribution < 1.29 is 9.53 Å². The molecule has 0 aromatic heterocycles. The van der Waals surface area contributed by atoms with Gasteiger partial charge in [-0.3, -0.25) is 4.79 Å². The maximum Gasteiger partial charge on any atom is 0.311 e. The van der Waals surface area contributed by atoms with Gasteiger partial charge < -0.3 is 4.74 Å². The average Bonchev–Trinajstić information content (AvgIpc) is 2.30. The highest BCUT2D eigenvalue weighted by Crippen LogP contribution is 2.37. The molecular weight excluding hydrogens is 416 g/mol. The topological polar surface area (TPSA) is 26.3 Å². The standard InChI is InChI=1S/C12H13Br3O2/c1-2-3-4-5-10(16)17-9-7-6-8(13)11(14)12(9)15/h6-7H,2-5H2,1H3. The molecule has 0 aliphatic rings. The Bertz CT molecular complexity index is 405. The van der Waals surface area contributed by atoms with Crippen LogP contribution in [-0.2, 0) is 4.79 Å². The fourth-order valence-electron chi connectivity index (χ4n) is 1.28. The highest BCUT2D eigenvalue weighted by atomic mass is 79.9. The van der Waals surface area contributed by atoms with Crippen LogP contribution >= 0.6 is 47.8 Å². The zero-order valence-corrected chi connectivity index (χ0v) is 14.2. The van der Waals surface area contributed by atoms with Crippen LogP contribution in [0.1, 0.15) is 32.6 Å². The summed E-state index contributed by atoms with van der Waals surface area (Å²) in [6.45, 7) is 2.10. The van der Waals surface area contributed by atoms with E-state index >= 15 is 0 Å². The van der Waals surface area contributed by atoms with Gasteiger partial charge in [0.1, 0.15) is 5.75 Å². The monoisotopic (exact) mass is 426 g/mol. The molecule has 0 unspecified atom stereocenters. The lowest BCUT2D eigenvalue weighted by Crippen LogP contribution is -2.08. The molecule has 2 nitrogen and oxygen atoms in total. The zero-order chi connectivity index (χ0) is 12.8. The highest BCUT2D eigenvalue weighted by molar-refractivity contribution is 9.14. The molecule has 0 bridgehead atoms. The Morgan fingerprint density at radius 3 is 2.53 bits per heavy atom. The van der Waals surface area contributed by atoms with Crippen molar-refractivity contribution in [3.05, 3.63) is 25.6 Å². The third-order valence-corrected chi connectivity index (χ3v) is 5.54. The maximum atomic E-state index is 11.6. The van der Waals surface area contributed by atoms with Gasteiger partial charge >= 0.3 is 5.97 Å². The van der Waals surface area contributed by atoms with Gasteiger partial charge in [-0.1, -0.05) is 19.8 Å². The Labute approximate surface area is 126 Å². The van der Waals surface area contributed by atoms with Crippen LogP contribution < -0.4 is 4.74 Å². The molecule has 17 heavy (non-hydrogen) atoms. The normalized spacial score (nSPS) is 10.4. The summed E-state index contributed by atoms with van der Waals surface area (Å²) in [5, 5.41) is 0. The lowest BCUT2D eigenvalue weighted by Gasteiger charge is -2.08. The summed E-state index contributed by atoms with van der Waals surface area (Å²) in [4.78, 5) is 11.6. The molecule has 94 valence electrons. The molecule has 0 atom stereocenters. The quantitative estimate of drug-likeness (QED) is 0.269. The molecule has 0 spiro atoms. The highest BCUT2D eigenvalue weighted by Gasteiger charge is 2.12. The Hall–Kier alpha value is 0.130. The molecule has 0 N–H and O–H groups in total. The summed E-state index contributed by atoms with van der Waals surface area (Å²) in [7, 11) is 0. The molecule has 0 fully saturated rings. The van der Waals surface area contributed by atoms with E-state index in [0.717, 1.165) is 32.7 Å². The summed E-state index contributed by atoms with van der Waals surface area (Å²) < 4.78 is 7.79. The van der Waals surface area contributed by atoms with Crippen molar-refractivity contribution in [1.29, 1.82) is 0 Å². The molecule has 0 amide bonds. The SMILES string of the molecule is CCCCCC(=O)Oc1ccc(Br)c(Br)c1Br. The minimum absolute atomic E-state index is 0.187. The molecule has 1 aromatic rings. The summed E-state index contributed by atoms with van der Waals surface area (Å²) in [5.74, 6) is 0.356. The van der Waals surface area contributed by atoms with Crippen LogP contribution in [-0.4, -0.2) is 5.97 Å². The van der Waals surface area contributed by atoms with Crippen LogP contribution in [0, 0.1) is 0 Å². The van der Waals surface area contributed by atoms with Crippen molar-refractivity contribution in [1.82, 2.24) is 0 Å². The third kappa shape index (κ3) is 4.72. The number of ether oxygens (including phenoxy) is 1. The second-order valence-corrected chi connectivity index (χ2v) is 6.04. The predicted molar refractivity (Wildman–Crippen MR) is 79.3 cm³/mol. The first-order valence-electron chi connectivity index (χ1n) is 5.40. The van der Waals surface area contributed by atoms with Gasteiger partial charge in [0.2, 0.25) is 0 Å². The number of esters is 1. The van der Waals surface area contributed by atoms with Crippen LogP contribution in [0.2, 0.25) is 0 Å². The lowest BCUT2D eigenvalue weighted by molar-refractivity contribution is -0.134. The van der Waals surface area contributed by atoms with E-state index < -0.39 is 0 Å². The maximum absolute atomic E-state index is 11.6. The van der Waals surface area contributed by atoms with Crippen molar-refractivity contribution in [3.63, 3.8) is 0 Å². The third-order valence-electron chi connectivity index (χ3n) is 2.21. The Balaban J connectivity index is 2.63. The molecule has 1 rings (SSSR count). The van der Waals surface area contributed by atoms with Gasteiger partial charge in [-0.15, -0.1) is 0 Å². The van der Waals surface area contributed by atoms with E-state index in [2.05, 4.69) is 54.7 Å². The minimum atomic E-state index is -0.187. The first kappa shape index (κ1) is 15.2. The second kappa shape index (κ2) is 7.54. The number of benzene rings is 1. The van der Waals surface area contributed by atoms with Gasteiger partial charge in [0.25, 0.3) is 0 Å². The second-order valence-electron chi connectivity index (χ2n) is 3.60. The molecular formula is C12H13Br3O2. The summed E-state index contributed by atoms with van der Waals surface area (Å²) >= 11 is 10.2. The fourth-order valence-corrected chi connectivity index (χ4v) is 2.63. The van der Waals surface area contributed by atoms with E-state index in [1.807, 2.05) is 6.07 Å². The number of halogens is 3. The first-order valence-corrected chi connectivity index (χ1v) is 7.78. The first-order chi connectivity index (χ1) is 8.06. The molecule has 0 radical (unpaired) electrons. The van der Waals surface area contributed by atoms with Crippen LogP contribution in [0.3, 0.4) is 0 Å². The van der Waals surface area contributed by atoms with Crippen LogP contribution in [0.5, 0.6) is 5.75 Å². The van der Waals surface area contributed by atoms with E-state index in [0.29, 0.717) is 12.2 Å². The van der Waals surface area contributed by atoms with Gasteiger partial charge in [-0.2, -0.15) is 0 Å². The van der Waals surface area contributed by atoms with E-state index in [4.69, 9.17) is 4.74 Å². The van der Waals surface area contributed by atoms with Gasteiger partial charge in [0.05, 0.1) is 4.47 Å². The minimum Gasteiger partial charge on any atom is -0.425 e. The molecule has 5 heteroatoms. The van der Waals surface area contributed by atoms with E-state index in [9.17, 15) is 4.79 Å². The molecule has 0 aliphatic heterocycles. The molecule has 0 heterocycles. The molecule has 1 aromatic carbocycles. The Kier molecular flexibility index (Phi) is 6.74. The summed E-state index contributed by atoms with van der Waals surface area (Å²) in [6, 6.07) is 3.60. The van der Waals surface area contributed by atoms with Crippen molar-refractivity contribution in [2.24, 2.45) is 0 Å². The number of hydrogen-bond acceptors (Lipinski definition) is 2. The summed E-state index contributed by atoms with van der Waals surface area (Å²) in [5.41, 5.74) is 0. The lowest BCUT2D eigenvalue weighted by atomic mass is 10.2. The summed E-state index contributed by atoms with van der Waals surface area (Å²) in [6.07, 6.45) is 3.50. The van der Waals surface area contributed by atoms with Gasteiger partial charge in [0, 0.05) is 15.4 Å². The van der Waals surface area contributed by atoms with Crippen LogP contribution in [0.25, 0.3) is 0 Å². The van der Waals surface area contributed by atoms with Crippen molar-refractivity contribution in [2.75, 3.05) is 0 Å². The molecule has 0 aliphatic carbocycles. The fraction of sp³-hybridized carbons (Fsp3) is 0.417. The Morgan fingerprint density at radius 1 is 1.18 bits per heavy atom. The number of carbonyl (C=O) groups is 1. The largest absolute Gasteiger partial charge is 0.425 e. The zero-order valence-electron chi connectivity index (χ0n) is 9.43. The Morgan fingerprint density at radius 2 is 1.88 bits per heavy atom. The smallest absolute Gasteiger partial charge is 0.311 e. The van der Waals surface area contributed by atoms with Gasteiger partial charge in [-0.05, 0) is 66.3 Å². The average molecular weight is 429 g/mol. The van der Waals surface area contributed by atoms with E-state index in [1.165, 1.54) is 0 Å². The van der Waals surface area contributed by atoms with Crippen molar-refractivity contribution >= 4 is 53.8 Å².